The van der Waals surface area contributed by atoms with Crippen molar-refractivity contribution in [2.75, 3.05) is 6.54 Å². The van der Waals surface area contributed by atoms with Crippen LogP contribution in [0.1, 0.15) is 25.5 Å². The van der Waals surface area contributed by atoms with Crippen molar-refractivity contribution in [3.05, 3.63) is 17.8 Å². The Bertz CT molecular complexity index is 281. The first-order valence-electron chi connectivity index (χ1n) is 4.49. The summed E-state index contributed by atoms with van der Waals surface area (Å²) in [7, 11) is 0. The summed E-state index contributed by atoms with van der Waals surface area (Å²) in [5.41, 5.74) is 0. The zero-order valence-electron chi connectivity index (χ0n) is 8.04. The van der Waals surface area contributed by atoms with Crippen molar-refractivity contribution in [3.8, 4) is 0 Å². The second-order valence-corrected chi connectivity index (χ2v) is 2.93. The lowest BCUT2D eigenvalue weighted by atomic mass is 10.4. The van der Waals surface area contributed by atoms with Gasteiger partial charge in [-0.1, -0.05) is 6.92 Å². The molecule has 2 N–H and O–H groups in total. The number of carbonyl (C=O) groups excluding carboxylic acids is 1. The van der Waals surface area contributed by atoms with Crippen LogP contribution in [0.2, 0.25) is 0 Å². The molecule has 1 aromatic heterocycles. The Morgan fingerprint density at radius 3 is 3.00 bits per heavy atom. The number of hydrogen-bond donors (Lipinski definition) is 1. The number of aromatic nitrogens is 1. The molecular weight excluding hydrogens is 168 g/mol. The standard InChI is InChI=1S/C9H14N2O2/c1-3-8-6-11-9(13-8)4-5-10-7(2)12/h6H,3-5H2,1-2H3,(H,10,12)/p+1. The fourth-order valence-corrected chi connectivity index (χ4v) is 1.03. The van der Waals surface area contributed by atoms with Crippen molar-refractivity contribution in [1.82, 2.24) is 4.98 Å². The Hall–Kier alpha value is -1.16. The summed E-state index contributed by atoms with van der Waals surface area (Å²) in [4.78, 5) is 14.7. The molecule has 0 unspecified atom stereocenters. The van der Waals surface area contributed by atoms with Gasteiger partial charge in [0.1, 0.15) is 5.76 Å². The van der Waals surface area contributed by atoms with E-state index in [1.165, 1.54) is 0 Å². The molecule has 1 heterocycles. The second kappa shape index (κ2) is 4.77. The maximum absolute atomic E-state index is 10.6. The van der Waals surface area contributed by atoms with E-state index in [0.717, 1.165) is 12.2 Å². The third-order valence-electron chi connectivity index (χ3n) is 1.74. The minimum absolute atomic E-state index is 0.0993. The minimum Gasteiger partial charge on any atom is -0.446 e. The van der Waals surface area contributed by atoms with Gasteiger partial charge in [0.2, 0.25) is 0 Å². The summed E-state index contributed by atoms with van der Waals surface area (Å²) in [6.07, 6.45) is 3.31. The van der Waals surface area contributed by atoms with Crippen LogP contribution in [0.25, 0.3) is 0 Å². The molecule has 0 radical (unpaired) electrons. The maximum Gasteiger partial charge on any atom is 0.307 e. The number of nitrogens with two attached hydrogens (primary N) is 1. The van der Waals surface area contributed by atoms with E-state index >= 15 is 0 Å². The van der Waals surface area contributed by atoms with Gasteiger partial charge in [-0.05, 0) is 0 Å². The lowest BCUT2D eigenvalue weighted by Gasteiger charge is -1.92. The van der Waals surface area contributed by atoms with Gasteiger partial charge in [-0.15, -0.1) is 0 Å². The first-order chi connectivity index (χ1) is 6.22. The molecule has 0 aliphatic rings. The van der Waals surface area contributed by atoms with Crippen LogP contribution in [0, 0.1) is 0 Å². The van der Waals surface area contributed by atoms with Gasteiger partial charge in [0.15, 0.2) is 5.89 Å². The summed E-state index contributed by atoms with van der Waals surface area (Å²) in [5, 5.41) is 1.65. The van der Waals surface area contributed by atoms with Crippen molar-refractivity contribution in [1.29, 1.82) is 0 Å². The molecule has 13 heavy (non-hydrogen) atoms. The molecule has 72 valence electrons. The zero-order chi connectivity index (χ0) is 9.68. The molecular formula is C9H15N2O2+. The molecule has 0 aromatic carbocycles. The predicted octanol–water partition coefficient (Wildman–Crippen LogP) is -0.111. The second-order valence-electron chi connectivity index (χ2n) is 2.93. The largest absolute Gasteiger partial charge is 0.446 e. The third-order valence-corrected chi connectivity index (χ3v) is 1.74. The summed E-state index contributed by atoms with van der Waals surface area (Å²) in [5.74, 6) is 1.72. The number of primary amides is 1. The number of nitrogens with zero attached hydrogens (tertiary/aromatic N) is 1. The molecule has 0 atom stereocenters. The smallest absolute Gasteiger partial charge is 0.307 e. The highest BCUT2D eigenvalue weighted by atomic mass is 16.4. The topological polar surface area (TPSA) is 59.7 Å². The van der Waals surface area contributed by atoms with Crippen LogP contribution in [0.5, 0.6) is 0 Å². The molecule has 4 heteroatoms. The van der Waals surface area contributed by atoms with E-state index in [4.69, 9.17) is 4.42 Å². The quantitative estimate of drug-likeness (QED) is 0.708. The van der Waals surface area contributed by atoms with Crippen molar-refractivity contribution >= 4 is 5.91 Å². The van der Waals surface area contributed by atoms with Gasteiger partial charge < -0.3 is 4.42 Å². The number of amides is 1. The number of aryl methyl sites for hydroxylation is 1. The SMILES string of the molecule is CCc1cnc(CC[NH2+]C(C)=O)o1. The average molecular weight is 183 g/mol. The Labute approximate surface area is 77.3 Å². The van der Waals surface area contributed by atoms with Gasteiger partial charge in [-0.3, -0.25) is 5.32 Å². The summed E-state index contributed by atoms with van der Waals surface area (Å²) in [6.45, 7) is 4.28. The molecule has 4 nitrogen and oxygen atoms in total. The first-order valence-corrected chi connectivity index (χ1v) is 4.49. The maximum atomic E-state index is 10.6. The van der Waals surface area contributed by atoms with Crippen molar-refractivity contribution in [3.63, 3.8) is 0 Å². The fraction of sp³-hybridized carbons (Fsp3) is 0.556. The van der Waals surface area contributed by atoms with Crippen molar-refractivity contribution in [2.24, 2.45) is 0 Å². The molecule has 0 saturated carbocycles. The Balaban J connectivity index is 2.32. The first kappa shape index (κ1) is 9.92. The normalized spacial score (nSPS) is 10.3. The Morgan fingerprint density at radius 1 is 1.69 bits per heavy atom. The van der Waals surface area contributed by atoms with Gasteiger partial charge in [0.05, 0.1) is 26.1 Å². The predicted molar refractivity (Wildman–Crippen MR) is 47.1 cm³/mol. The van der Waals surface area contributed by atoms with Crippen LogP contribution < -0.4 is 5.32 Å². The van der Waals surface area contributed by atoms with Crippen LogP contribution in [0.15, 0.2) is 10.6 Å². The lowest BCUT2D eigenvalue weighted by Crippen LogP contribution is -2.87. The fourth-order valence-electron chi connectivity index (χ4n) is 1.03. The van der Waals surface area contributed by atoms with Gasteiger partial charge in [0.25, 0.3) is 0 Å². The molecule has 0 bridgehead atoms. The minimum atomic E-state index is 0.0993. The van der Waals surface area contributed by atoms with Crippen LogP contribution in [-0.2, 0) is 17.6 Å². The van der Waals surface area contributed by atoms with Crippen LogP contribution >= 0.6 is 0 Å². The molecule has 0 aliphatic carbocycles. The van der Waals surface area contributed by atoms with Gasteiger partial charge in [0, 0.05) is 6.42 Å². The van der Waals surface area contributed by atoms with Gasteiger partial charge >= 0.3 is 5.91 Å². The Morgan fingerprint density at radius 2 is 2.46 bits per heavy atom. The Kier molecular flexibility index (Phi) is 3.64. The van der Waals surface area contributed by atoms with Crippen LogP contribution in [-0.4, -0.2) is 17.4 Å². The van der Waals surface area contributed by atoms with Gasteiger partial charge in [-0.2, -0.15) is 0 Å². The van der Waals surface area contributed by atoms with Crippen molar-refractivity contribution < 1.29 is 14.5 Å². The van der Waals surface area contributed by atoms with Gasteiger partial charge in [-0.25, -0.2) is 9.78 Å². The number of oxazole rings is 1. The number of rotatable bonds is 4. The molecule has 1 rings (SSSR count). The van der Waals surface area contributed by atoms with E-state index in [-0.39, 0.29) is 5.91 Å². The lowest BCUT2D eigenvalue weighted by molar-refractivity contribution is -0.566. The monoisotopic (exact) mass is 183 g/mol. The van der Waals surface area contributed by atoms with E-state index in [0.29, 0.717) is 18.9 Å². The number of quaternary nitrogens is 1. The summed E-state index contributed by atoms with van der Waals surface area (Å²) in [6, 6.07) is 0. The highest BCUT2D eigenvalue weighted by Crippen LogP contribution is 2.03. The van der Waals surface area contributed by atoms with Crippen LogP contribution in [0.3, 0.4) is 0 Å². The highest BCUT2D eigenvalue weighted by molar-refractivity contribution is 5.61. The molecule has 1 aromatic rings. The van der Waals surface area contributed by atoms with E-state index in [1.54, 1.807) is 18.4 Å². The molecule has 0 aliphatic heterocycles. The molecule has 0 saturated heterocycles. The van der Waals surface area contributed by atoms with E-state index < -0.39 is 0 Å². The third kappa shape index (κ3) is 3.38. The average Bonchev–Trinajstić information content (AvgIpc) is 2.52. The highest BCUT2D eigenvalue weighted by Gasteiger charge is 2.03. The van der Waals surface area contributed by atoms with Crippen LogP contribution in [0.4, 0.5) is 0 Å². The number of hydrogen-bond acceptors (Lipinski definition) is 3. The summed E-state index contributed by atoms with van der Waals surface area (Å²) < 4.78 is 5.37. The van der Waals surface area contributed by atoms with E-state index in [2.05, 4.69) is 4.98 Å². The number of carbonyl (C=O) groups is 1. The molecule has 1 amide bonds. The zero-order valence-corrected chi connectivity index (χ0v) is 8.04. The van der Waals surface area contributed by atoms with Crippen molar-refractivity contribution in [2.45, 2.75) is 26.7 Å². The molecule has 0 spiro atoms. The summed E-state index contributed by atoms with van der Waals surface area (Å²) >= 11 is 0. The van der Waals surface area contributed by atoms with E-state index in [9.17, 15) is 4.79 Å². The molecule has 0 fully saturated rings. The van der Waals surface area contributed by atoms with E-state index in [1.807, 2.05) is 6.92 Å².